The summed E-state index contributed by atoms with van der Waals surface area (Å²) in [7, 11) is 1.50. The first kappa shape index (κ1) is 18.5. The van der Waals surface area contributed by atoms with E-state index in [-0.39, 0.29) is 18.4 Å². The number of primary amides is 1. The van der Waals surface area contributed by atoms with E-state index in [4.69, 9.17) is 26.8 Å². The van der Waals surface area contributed by atoms with Gasteiger partial charge in [-0.25, -0.2) is 0 Å². The molecule has 2 atom stereocenters. The number of rotatable bonds is 7. The van der Waals surface area contributed by atoms with Crippen LogP contribution in [-0.2, 0) is 17.8 Å². The molecule has 1 amide bonds. The van der Waals surface area contributed by atoms with E-state index in [0.717, 1.165) is 16.7 Å². The van der Waals surface area contributed by atoms with E-state index in [0.29, 0.717) is 23.7 Å². The molecule has 1 aliphatic rings. The van der Waals surface area contributed by atoms with Gasteiger partial charge >= 0.3 is 0 Å². The van der Waals surface area contributed by atoms with Crippen LogP contribution in [-0.4, -0.2) is 30.8 Å². The summed E-state index contributed by atoms with van der Waals surface area (Å²) < 4.78 is 10.6. The average Bonchev–Trinajstić information content (AvgIpc) is 2.93. The van der Waals surface area contributed by atoms with E-state index in [2.05, 4.69) is 5.32 Å². The Balaban J connectivity index is 1.74. The van der Waals surface area contributed by atoms with Crippen molar-refractivity contribution < 1.29 is 19.4 Å². The summed E-state index contributed by atoms with van der Waals surface area (Å²) in [5.41, 5.74) is 8.24. The summed E-state index contributed by atoms with van der Waals surface area (Å²) in [5.74, 6) is 0.105. The van der Waals surface area contributed by atoms with Crippen LogP contribution in [0.3, 0.4) is 0 Å². The fourth-order valence-electron chi connectivity index (χ4n) is 3.21. The maximum absolute atomic E-state index is 10.9. The molecule has 26 heavy (non-hydrogen) atoms. The molecule has 138 valence electrons. The van der Waals surface area contributed by atoms with Crippen molar-refractivity contribution in [1.29, 1.82) is 0 Å². The predicted octanol–water partition coefficient (Wildman–Crippen LogP) is 1.96. The van der Waals surface area contributed by atoms with Gasteiger partial charge in [0.1, 0.15) is 0 Å². The van der Waals surface area contributed by atoms with Crippen LogP contribution >= 0.6 is 11.6 Å². The van der Waals surface area contributed by atoms with Crippen LogP contribution in [0.4, 0.5) is 0 Å². The highest BCUT2D eigenvalue weighted by Gasteiger charge is 2.30. The lowest BCUT2D eigenvalue weighted by Crippen LogP contribution is -2.28. The summed E-state index contributed by atoms with van der Waals surface area (Å²) in [6.07, 6.45) is 0.167. The van der Waals surface area contributed by atoms with Crippen LogP contribution in [0.5, 0.6) is 11.5 Å². The normalized spacial score (nSPS) is 18.4. The smallest absolute Gasteiger partial charge is 0.255 e. The zero-order valence-corrected chi connectivity index (χ0v) is 15.1. The standard InChI is InChI=1S/C19H21ClN2O4/c1-25-16-7-11(6-14(20)19(16)26-10-17(21)24)9-22-18-13-5-3-2-4-12(13)8-15(18)23/h2-7,15,18,22-23H,8-10H2,1H3,(H2,21,24)/t15-,18+/m1/s1. The summed E-state index contributed by atoms with van der Waals surface area (Å²) in [6, 6.07) is 11.4. The first-order valence-electron chi connectivity index (χ1n) is 8.26. The van der Waals surface area contributed by atoms with Crippen LogP contribution in [0.1, 0.15) is 22.7 Å². The van der Waals surface area contributed by atoms with Crippen molar-refractivity contribution in [2.24, 2.45) is 5.73 Å². The number of amides is 1. The Morgan fingerprint density at radius 2 is 2.15 bits per heavy atom. The fraction of sp³-hybridized carbons (Fsp3) is 0.316. The first-order chi connectivity index (χ1) is 12.5. The number of carbonyl (C=O) groups is 1. The van der Waals surface area contributed by atoms with Crippen molar-refractivity contribution in [3.8, 4) is 11.5 Å². The van der Waals surface area contributed by atoms with Crippen molar-refractivity contribution in [2.45, 2.75) is 25.1 Å². The lowest BCUT2D eigenvalue weighted by molar-refractivity contribution is -0.119. The van der Waals surface area contributed by atoms with Gasteiger partial charge in [0.05, 0.1) is 24.3 Å². The molecule has 3 rings (SSSR count). The second-order valence-corrected chi connectivity index (χ2v) is 6.60. The maximum Gasteiger partial charge on any atom is 0.255 e. The molecule has 0 saturated heterocycles. The molecule has 0 spiro atoms. The van der Waals surface area contributed by atoms with E-state index in [1.807, 2.05) is 24.3 Å². The molecule has 0 bridgehead atoms. The van der Waals surface area contributed by atoms with E-state index in [1.54, 1.807) is 12.1 Å². The number of methoxy groups -OCH3 is 1. The molecule has 2 aromatic carbocycles. The number of carbonyl (C=O) groups excluding carboxylic acids is 1. The minimum Gasteiger partial charge on any atom is -0.493 e. The molecule has 0 aromatic heterocycles. The highest BCUT2D eigenvalue weighted by molar-refractivity contribution is 6.32. The van der Waals surface area contributed by atoms with Gasteiger partial charge in [-0.2, -0.15) is 0 Å². The van der Waals surface area contributed by atoms with Gasteiger partial charge in [0, 0.05) is 13.0 Å². The summed E-state index contributed by atoms with van der Waals surface area (Å²) >= 11 is 6.27. The van der Waals surface area contributed by atoms with Crippen molar-refractivity contribution in [1.82, 2.24) is 5.32 Å². The second-order valence-electron chi connectivity index (χ2n) is 6.19. The van der Waals surface area contributed by atoms with E-state index < -0.39 is 12.0 Å². The highest BCUT2D eigenvalue weighted by atomic mass is 35.5. The minimum absolute atomic E-state index is 0.137. The van der Waals surface area contributed by atoms with Crippen molar-refractivity contribution >= 4 is 17.5 Å². The highest BCUT2D eigenvalue weighted by Crippen LogP contribution is 2.37. The van der Waals surface area contributed by atoms with Gasteiger partial charge in [-0.15, -0.1) is 0 Å². The lowest BCUT2D eigenvalue weighted by Gasteiger charge is -2.19. The third-order valence-electron chi connectivity index (χ3n) is 4.38. The van der Waals surface area contributed by atoms with Crippen LogP contribution in [0, 0.1) is 0 Å². The number of nitrogens with two attached hydrogens (primary N) is 1. The molecular formula is C19H21ClN2O4. The van der Waals surface area contributed by atoms with E-state index >= 15 is 0 Å². The van der Waals surface area contributed by atoms with Gasteiger partial charge in [-0.05, 0) is 28.8 Å². The quantitative estimate of drug-likeness (QED) is 0.686. The van der Waals surface area contributed by atoms with E-state index in [9.17, 15) is 9.90 Å². The van der Waals surface area contributed by atoms with Crippen LogP contribution in [0.2, 0.25) is 5.02 Å². The zero-order valence-electron chi connectivity index (χ0n) is 14.4. The molecule has 6 nitrogen and oxygen atoms in total. The summed E-state index contributed by atoms with van der Waals surface area (Å²) in [4.78, 5) is 10.9. The molecule has 4 N–H and O–H groups in total. The molecule has 0 radical (unpaired) electrons. The van der Waals surface area contributed by atoms with E-state index in [1.165, 1.54) is 7.11 Å². The predicted molar refractivity (Wildman–Crippen MR) is 98.4 cm³/mol. The Morgan fingerprint density at radius 1 is 1.38 bits per heavy atom. The number of fused-ring (bicyclic) bond motifs is 1. The zero-order chi connectivity index (χ0) is 18.7. The fourth-order valence-corrected chi connectivity index (χ4v) is 3.49. The van der Waals surface area contributed by atoms with Gasteiger partial charge < -0.3 is 25.6 Å². The molecular weight excluding hydrogens is 356 g/mol. The van der Waals surface area contributed by atoms with Gasteiger partial charge in [0.2, 0.25) is 0 Å². The Labute approximate surface area is 156 Å². The number of aliphatic hydroxyl groups is 1. The molecule has 0 aliphatic heterocycles. The first-order valence-corrected chi connectivity index (χ1v) is 8.64. The number of hydrogen-bond donors (Lipinski definition) is 3. The number of halogens is 1. The molecule has 0 heterocycles. The van der Waals surface area contributed by atoms with Crippen molar-refractivity contribution in [3.63, 3.8) is 0 Å². The van der Waals surface area contributed by atoms with Crippen LogP contribution in [0.25, 0.3) is 0 Å². The molecule has 0 unspecified atom stereocenters. The number of nitrogens with one attached hydrogen (secondary N) is 1. The summed E-state index contributed by atoms with van der Waals surface area (Å²) in [5, 5.41) is 14.0. The monoisotopic (exact) mass is 376 g/mol. The third kappa shape index (κ3) is 3.93. The Kier molecular flexibility index (Phi) is 5.66. The van der Waals surface area contributed by atoms with Gasteiger partial charge in [0.25, 0.3) is 5.91 Å². The number of ether oxygens (including phenoxy) is 2. The largest absolute Gasteiger partial charge is 0.493 e. The Bertz CT molecular complexity index is 812. The molecule has 0 saturated carbocycles. The molecule has 1 aliphatic carbocycles. The van der Waals surface area contributed by atoms with Gasteiger partial charge in [0.15, 0.2) is 18.1 Å². The van der Waals surface area contributed by atoms with Gasteiger partial charge in [-0.1, -0.05) is 35.9 Å². The van der Waals surface area contributed by atoms with Gasteiger partial charge in [-0.3, -0.25) is 4.79 Å². The second kappa shape index (κ2) is 7.95. The number of aliphatic hydroxyl groups excluding tert-OH is 1. The van der Waals surface area contributed by atoms with Crippen LogP contribution in [0.15, 0.2) is 36.4 Å². The van der Waals surface area contributed by atoms with Crippen LogP contribution < -0.4 is 20.5 Å². The third-order valence-corrected chi connectivity index (χ3v) is 4.66. The summed E-state index contributed by atoms with van der Waals surface area (Å²) in [6.45, 7) is 0.209. The Morgan fingerprint density at radius 3 is 2.88 bits per heavy atom. The van der Waals surface area contributed by atoms with Crippen molar-refractivity contribution in [2.75, 3.05) is 13.7 Å². The topological polar surface area (TPSA) is 93.8 Å². The maximum atomic E-state index is 10.9. The Hall–Kier alpha value is -2.28. The van der Waals surface area contributed by atoms with Crippen molar-refractivity contribution in [3.05, 3.63) is 58.1 Å². The average molecular weight is 377 g/mol. The number of benzene rings is 2. The molecule has 2 aromatic rings. The SMILES string of the molecule is COc1cc(CN[C@H]2c3ccccc3C[C@H]2O)cc(Cl)c1OCC(N)=O. The number of hydrogen-bond acceptors (Lipinski definition) is 5. The molecule has 0 fully saturated rings. The molecule has 7 heteroatoms. The lowest BCUT2D eigenvalue weighted by atomic mass is 10.1. The minimum atomic E-state index is -0.595.